The third kappa shape index (κ3) is 4.93. The second kappa shape index (κ2) is 10.1. The average Bonchev–Trinajstić information content (AvgIpc) is 3.59. The quantitative estimate of drug-likeness (QED) is 0.354. The van der Waals surface area contributed by atoms with E-state index in [1.807, 2.05) is 65.2 Å². The van der Waals surface area contributed by atoms with Crippen LogP contribution in [0.2, 0.25) is 0 Å². The van der Waals surface area contributed by atoms with E-state index in [1.54, 1.807) is 25.4 Å². The number of carbonyl (C=O) groups is 2. The minimum atomic E-state index is -0.918. The van der Waals surface area contributed by atoms with Crippen molar-refractivity contribution in [1.82, 2.24) is 29.9 Å². The molecule has 0 aliphatic carbocycles. The van der Waals surface area contributed by atoms with Crippen LogP contribution in [0.4, 0.5) is 5.69 Å². The van der Waals surface area contributed by atoms with Gasteiger partial charge in [-0.2, -0.15) is 0 Å². The fraction of sp³-hybridized carbons (Fsp3) is 0.138. The Morgan fingerprint density at radius 3 is 2.85 bits per heavy atom. The van der Waals surface area contributed by atoms with Gasteiger partial charge < -0.3 is 15.0 Å². The van der Waals surface area contributed by atoms with Crippen LogP contribution < -0.4 is 15.0 Å². The van der Waals surface area contributed by atoms with Gasteiger partial charge in [-0.3, -0.25) is 19.1 Å². The van der Waals surface area contributed by atoms with Gasteiger partial charge >= 0.3 is 0 Å². The molecule has 0 saturated carbocycles. The first-order valence-electron chi connectivity index (χ1n) is 12.3. The van der Waals surface area contributed by atoms with E-state index in [0.29, 0.717) is 29.2 Å². The number of ether oxygens (including phenoxy) is 1. The van der Waals surface area contributed by atoms with Crippen LogP contribution in [0.15, 0.2) is 79.1 Å². The third-order valence-electron chi connectivity index (χ3n) is 6.36. The van der Waals surface area contributed by atoms with E-state index in [0.717, 1.165) is 16.9 Å². The summed E-state index contributed by atoms with van der Waals surface area (Å²) in [7, 11) is 1.64. The summed E-state index contributed by atoms with van der Waals surface area (Å²) in [5.74, 6) is 6.42. The Hall–Kier alpha value is -5.43. The maximum Gasteiger partial charge on any atom is 0.291 e. The Bertz CT molecular complexity index is 1750. The first kappa shape index (κ1) is 23.9. The molecule has 6 rings (SSSR count). The van der Waals surface area contributed by atoms with Crippen LogP contribution in [0.1, 0.15) is 33.3 Å². The molecular weight excluding hydrogens is 494 g/mol. The largest absolute Gasteiger partial charge is 0.489 e. The molecular formula is C29H23N7O3. The van der Waals surface area contributed by atoms with Gasteiger partial charge in [-0.1, -0.05) is 42.3 Å². The van der Waals surface area contributed by atoms with Gasteiger partial charge in [0.1, 0.15) is 35.6 Å². The van der Waals surface area contributed by atoms with Crippen molar-refractivity contribution in [3.63, 3.8) is 0 Å². The van der Waals surface area contributed by atoms with Gasteiger partial charge in [-0.05, 0) is 41.8 Å². The highest BCUT2D eigenvalue weighted by Gasteiger charge is 2.31. The molecule has 0 radical (unpaired) electrons. The number of carbonyl (C=O) groups excluding carboxylic acids is 2. The van der Waals surface area contributed by atoms with E-state index < -0.39 is 11.9 Å². The summed E-state index contributed by atoms with van der Waals surface area (Å²) in [4.78, 5) is 36.2. The number of rotatable bonds is 4. The van der Waals surface area contributed by atoms with Gasteiger partial charge in [0.05, 0.1) is 11.9 Å². The molecule has 0 bridgehead atoms. The molecule has 0 unspecified atom stereocenters. The van der Waals surface area contributed by atoms with E-state index in [-0.39, 0.29) is 18.3 Å². The van der Waals surface area contributed by atoms with Gasteiger partial charge in [0.2, 0.25) is 5.82 Å². The number of benzene rings is 2. The number of fused-ring (bicyclic) bond motifs is 2. The van der Waals surface area contributed by atoms with E-state index in [4.69, 9.17) is 4.74 Å². The molecule has 1 aliphatic heterocycles. The zero-order valence-corrected chi connectivity index (χ0v) is 21.0. The molecule has 5 aromatic rings. The standard InChI is InChI=1S/C29H23N7O3/c1-35-23-15-20(10-12-21-17-30-26-9-5-6-14-36(21)26)11-13-24(23)39-18-22(29(35)38)31-28(37)27-32-25(33-34-27)16-19-7-3-2-4-8-19/h2-9,11,13-15,17,22H,16,18H2,1H3,(H,31,37)(H,32,33,34)/t22-/m0/s1. The number of aromatic nitrogens is 5. The van der Waals surface area contributed by atoms with Crippen molar-refractivity contribution in [2.45, 2.75) is 12.5 Å². The first-order valence-corrected chi connectivity index (χ1v) is 12.3. The van der Waals surface area contributed by atoms with Crippen molar-refractivity contribution in [3.05, 3.63) is 108 Å². The number of aromatic amines is 1. The molecule has 1 aliphatic rings. The number of nitrogens with one attached hydrogen (secondary N) is 2. The molecule has 2 N–H and O–H groups in total. The molecule has 3 aromatic heterocycles. The molecule has 0 saturated heterocycles. The Balaban J connectivity index is 1.16. The highest BCUT2D eigenvalue weighted by molar-refractivity contribution is 6.02. The molecule has 2 amide bonds. The molecule has 2 aromatic carbocycles. The van der Waals surface area contributed by atoms with Crippen molar-refractivity contribution >= 4 is 23.1 Å². The monoisotopic (exact) mass is 517 g/mol. The lowest BCUT2D eigenvalue weighted by Crippen LogP contribution is -2.49. The van der Waals surface area contributed by atoms with Gasteiger partial charge in [0, 0.05) is 25.2 Å². The van der Waals surface area contributed by atoms with Crippen LogP contribution in [0.3, 0.4) is 0 Å². The number of imidazole rings is 1. The third-order valence-corrected chi connectivity index (χ3v) is 6.36. The predicted octanol–water partition coefficient (Wildman–Crippen LogP) is 2.60. The van der Waals surface area contributed by atoms with Crippen molar-refractivity contribution in [2.24, 2.45) is 0 Å². The molecule has 192 valence electrons. The van der Waals surface area contributed by atoms with E-state index >= 15 is 0 Å². The van der Waals surface area contributed by atoms with E-state index in [9.17, 15) is 9.59 Å². The topological polar surface area (TPSA) is 118 Å². The highest BCUT2D eigenvalue weighted by Crippen LogP contribution is 2.31. The summed E-state index contributed by atoms with van der Waals surface area (Å²) < 4.78 is 7.80. The number of H-pyrrole nitrogens is 1. The second-order valence-corrected chi connectivity index (χ2v) is 9.01. The average molecular weight is 518 g/mol. The maximum absolute atomic E-state index is 13.3. The first-order chi connectivity index (χ1) is 19.0. The normalized spacial score (nSPS) is 14.6. The van der Waals surface area contributed by atoms with Crippen molar-refractivity contribution in [2.75, 3.05) is 18.6 Å². The van der Waals surface area contributed by atoms with Crippen molar-refractivity contribution in [3.8, 4) is 17.6 Å². The predicted molar refractivity (Wildman–Crippen MR) is 143 cm³/mol. The lowest BCUT2D eigenvalue weighted by molar-refractivity contribution is -0.120. The van der Waals surface area contributed by atoms with Crippen LogP contribution in [-0.2, 0) is 11.2 Å². The number of amides is 2. The highest BCUT2D eigenvalue weighted by atomic mass is 16.5. The number of hydrogen-bond acceptors (Lipinski definition) is 6. The fourth-order valence-corrected chi connectivity index (χ4v) is 4.33. The molecule has 39 heavy (non-hydrogen) atoms. The lowest BCUT2D eigenvalue weighted by Gasteiger charge is -2.20. The summed E-state index contributed by atoms with van der Waals surface area (Å²) in [6.07, 6.45) is 4.13. The van der Waals surface area contributed by atoms with E-state index in [2.05, 4.69) is 37.3 Å². The Labute approximate surface area is 223 Å². The van der Waals surface area contributed by atoms with Crippen LogP contribution in [0, 0.1) is 11.8 Å². The van der Waals surface area contributed by atoms with Gasteiger partial charge in [-0.25, -0.2) is 9.97 Å². The van der Waals surface area contributed by atoms with Crippen LogP contribution in [0.25, 0.3) is 5.65 Å². The number of likely N-dealkylation sites (N-methyl/N-ethyl adjacent to an activating group) is 1. The zero-order valence-electron chi connectivity index (χ0n) is 21.0. The van der Waals surface area contributed by atoms with Gasteiger partial charge in [0.25, 0.3) is 11.8 Å². The summed E-state index contributed by atoms with van der Waals surface area (Å²) in [5, 5.41) is 9.52. The molecule has 0 spiro atoms. The van der Waals surface area contributed by atoms with Crippen LogP contribution in [-0.4, -0.2) is 56.1 Å². The summed E-state index contributed by atoms with van der Waals surface area (Å²) in [6, 6.07) is 19.9. The minimum absolute atomic E-state index is 0.0317. The van der Waals surface area contributed by atoms with Gasteiger partial charge in [-0.15, -0.1) is 5.10 Å². The number of pyridine rings is 1. The molecule has 1 atom stereocenters. The molecule has 10 nitrogen and oxygen atoms in total. The summed E-state index contributed by atoms with van der Waals surface area (Å²) in [6.45, 7) is -0.0317. The molecule has 4 heterocycles. The van der Waals surface area contributed by atoms with Crippen LogP contribution in [0.5, 0.6) is 5.75 Å². The Kier molecular flexibility index (Phi) is 6.23. The minimum Gasteiger partial charge on any atom is -0.489 e. The number of hydrogen-bond donors (Lipinski definition) is 2. The number of nitrogens with zero attached hydrogens (tertiary/aromatic N) is 5. The van der Waals surface area contributed by atoms with Crippen LogP contribution >= 0.6 is 0 Å². The van der Waals surface area contributed by atoms with Crippen molar-refractivity contribution < 1.29 is 14.3 Å². The SMILES string of the molecule is CN1C(=O)[C@@H](NC(=O)c2n[nH]c(Cc3ccccc3)n2)COc2ccc(C#Cc3cnc4ccccn34)cc21. The Morgan fingerprint density at radius 2 is 1.97 bits per heavy atom. The Morgan fingerprint density at radius 1 is 1.13 bits per heavy atom. The second-order valence-electron chi connectivity index (χ2n) is 9.01. The molecule has 10 heteroatoms. The lowest BCUT2D eigenvalue weighted by atomic mass is 10.1. The summed E-state index contributed by atoms with van der Waals surface area (Å²) in [5.41, 5.74) is 3.87. The zero-order chi connectivity index (χ0) is 26.8. The van der Waals surface area contributed by atoms with Gasteiger partial charge in [0.15, 0.2) is 0 Å². The fourth-order valence-electron chi connectivity index (χ4n) is 4.33. The summed E-state index contributed by atoms with van der Waals surface area (Å²) >= 11 is 0. The smallest absolute Gasteiger partial charge is 0.291 e. The maximum atomic E-state index is 13.3. The van der Waals surface area contributed by atoms with Crippen molar-refractivity contribution in [1.29, 1.82) is 0 Å². The number of anilines is 1. The molecule has 0 fully saturated rings. The van der Waals surface area contributed by atoms with E-state index in [1.165, 1.54) is 4.90 Å².